The number of methoxy groups -OCH3 is 1. The summed E-state index contributed by atoms with van der Waals surface area (Å²) in [5, 5.41) is -0.304. The molecule has 150 valence electrons. The molecule has 0 saturated carbocycles. The molecule has 2 amide bonds. The number of nitrogens with zero attached hydrogens (tertiary/aromatic N) is 1. The minimum atomic E-state index is -0.486. The van der Waals surface area contributed by atoms with E-state index in [4.69, 9.17) is 4.74 Å². The van der Waals surface area contributed by atoms with E-state index in [2.05, 4.69) is 36.6 Å². The number of thioether (sulfide) groups is 1. The highest BCUT2D eigenvalue weighted by atomic mass is 79.9. The third-order valence-electron chi connectivity index (χ3n) is 3.95. The van der Waals surface area contributed by atoms with Crippen LogP contribution in [0.25, 0.3) is 6.08 Å². The zero-order valence-electron chi connectivity index (χ0n) is 15.2. The van der Waals surface area contributed by atoms with Crippen molar-refractivity contribution in [2.24, 2.45) is 0 Å². The molecule has 29 heavy (non-hydrogen) atoms. The topological polar surface area (TPSA) is 72.9 Å². The molecule has 3 rings (SSSR count). The van der Waals surface area contributed by atoms with Gasteiger partial charge in [-0.15, -0.1) is 0 Å². The molecule has 2 aromatic rings. The lowest BCUT2D eigenvalue weighted by Gasteiger charge is -2.12. The molecule has 6 nitrogen and oxygen atoms in total. The van der Waals surface area contributed by atoms with E-state index >= 15 is 0 Å². The lowest BCUT2D eigenvalue weighted by atomic mass is 10.2. The maximum Gasteiger partial charge on any atom is 0.343 e. The summed E-state index contributed by atoms with van der Waals surface area (Å²) in [7, 11) is 1.29. The molecule has 0 N–H and O–H groups in total. The highest BCUT2D eigenvalue weighted by Crippen LogP contribution is 2.34. The Kier molecular flexibility index (Phi) is 7.15. The van der Waals surface area contributed by atoms with Crippen molar-refractivity contribution >= 4 is 66.8 Å². The number of carbonyl (C=O) groups is 3. The second-order valence-electron chi connectivity index (χ2n) is 5.95. The van der Waals surface area contributed by atoms with Gasteiger partial charge in [-0.3, -0.25) is 14.5 Å². The minimum Gasteiger partial charge on any atom is -0.481 e. The zero-order chi connectivity index (χ0) is 21.0. The van der Waals surface area contributed by atoms with Gasteiger partial charge in [-0.1, -0.05) is 34.1 Å². The highest BCUT2D eigenvalue weighted by molar-refractivity contribution is 9.10. The number of benzene rings is 2. The average molecular weight is 541 g/mol. The molecule has 0 spiro atoms. The normalized spacial score (nSPS) is 15.1. The monoisotopic (exact) mass is 539 g/mol. The second kappa shape index (κ2) is 9.60. The average Bonchev–Trinajstić information content (AvgIpc) is 2.96. The zero-order valence-corrected chi connectivity index (χ0v) is 19.2. The summed E-state index contributed by atoms with van der Waals surface area (Å²) >= 11 is 7.65. The van der Waals surface area contributed by atoms with Crippen LogP contribution < -0.4 is 4.74 Å². The Labute approximate surface area is 188 Å². The Morgan fingerprint density at radius 3 is 2.52 bits per heavy atom. The van der Waals surface area contributed by atoms with Gasteiger partial charge in [0, 0.05) is 4.47 Å². The summed E-state index contributed by atoms with van der Waals surface area (Å²) < 4.78 is 11.4. The number of halogens is 2. The molecule has 9 heteroatoms. The third kappa shape index (κ3) is 5.49. The maximum atomic E-state index is 12.7. The van der Waals surface area contributed by atoms with Crippen LogP contribution in [0.2, 0.25) is 0 Å². The van der Waals surface area contributed by atoms with Gasteiger partial charge in [0.15, 0.2) is 6.61 Å². The van der Waals surface area contributed by atoms with Gasteiger partial charge in [-0.25, -0.2) is 4.79 Å². The van der Waals surface area contributed by atoms with Crippen molar-refractivity contribution in [2.75, 3.05) is 13.7 Å². The SMILES string of the molecule is COC(=O)COc1ccc(/C=C2\SC(=O)N(Cc3ccc(Br)cc3)C2=O)cc1Br. The lowest BCUT2D eigenvalue weighted by Crippen LogP contribution is -2.27. The third-order valence-corrected chi connectivity index (χ3v) is 6.01. The highest BCUT2D eigenvalue weighted by Gasteiger charge is 2.35. The van der Waals surface area contributed by atoms with E-state index in [0.717, 1.165) is 27.4 Å². The van der Waals surface area contributed by atoms with E-state index in [1.165, 1.54) is 12.0 Å². The smallest absolute Gasteiger partial charge is 0.343 e. The van der Waals surface area contributed by atoms with Crippen molar-refractivity contribution in [1.29, 1.82) is 0 Å². The van der Waals surface area contributed by atoms with Gasteiger partial charge >= 0.3 is 5.97 Å². The van der Waals surface area contributed by atoms with Crippen LogP contribution in [-0.2, 0) is 20.9 Å². The number of rotatable bonds is 6. The van der Waals surface area contributed by atoms with Crippen molar-refractivity contribution in [3.8, 4) is 5.75 Å². The molecule has 1 aliphatic rings. The molecule has 1 fully saturated rings. The van der Waals surface area contributed by atoms with Crippen LogP contribution in [0.1, 0.15) is 11.1 Å². The molecule has 1 heterocycles. The van der Waals surface area contributed by atoms with Gasteiger partial charge in [-0.05, 0) is 69.2 Å². The number of imide groups is 1. The number of hydrogen-bond acceptors (Lipinski definition) is 6. The second-order valence-corrected chi connectivity index (χ2v) is 8.71. The van der Waals surface area contributed by atoms with Crippen LogP contribution >= 0.6 is 43.6 Å². The van der Waals surface area contributed by atoms with Crippen LogP contribution in [-0.4, -0.2) is 35.7 Å². The van der Waals surface area contributed by atoms with Crippen molar-refractivity contribution in [2.45, 2.75) is 6.54 Å². The van der Waals surface area contributed by atoms with Crippen LogP contribution in [0.4, 0.5) is 4.79 Å². The van der Waals surface area contributed by atoms with E-state index in [0.29, 0.717) is 15.1 Å². The first-order valence-corrected chi connectivity index (χ1v) is 10.8. The van der Waals surface area contributed by atoms with Crippen molar-refractivity contribution < 1.29 is 23.9 Å². The Morgan fingerprint density at radius 2 is 1.86 bits per heavy atom. The number of amides is 2. The Balaban J connectivity index is 1.72. The van der Waals surface area contributed by atoms with Gasteiger partial charge in [0.05, 0.1) is 23.0 Å². The molecule has 0 atom stereocenters. The summed E-state index contributed by atoms with van der Waals surface area (Å²) in [4.78, 5) is 37.7. The van der Waals surface area contributed by atoms with Gasteiger partial charge < -0.3 is 9.47 Å². The first-order valence-electron chi connectivity index (χ1n) is 8.36. The lowest BCUT2D eigenvalue weighted by molar-refractivity contribution is -0.142. The number of hydrogen-bond donors (Lipinski definition) is 0. The Morgan fingerprint density at radius 1 is 1.14 bits per heavy atom. The Bertz CT molecular complexity index is 991. The van der Waals surface area contributed by atoms with E-state index in [9.17, 15) is 14.4 Å². The summed E-state index contributed by atoms with van der Waals surface area (Å²) in [5.41, 5.74) is 1.59. The predicted molar refractivity (Wildman–Crippen MR) is 117 cm³/mol. The van der Waals surface area contributed by atoms with E-state index < -0.39 is 5.97 Å². The molecule has 1 aliphatic heterocycles. The largest absolute Gasteiger partial charge is 0.481 e. The van der Waals surface area contributed by atoms with Crippen LogP contribution in [0.15, 0.2) is 56.3 Å². The molecule has 0 aliphatic carbocycles. The number of ether oxygens (including phenoxy) is 2. The molecule has 0 bridgehead atoms. The summed E-state index contributed by atoms with van der Waals surface area (Å²) in [6, 6.07) is 12.6. The fraction of sp³-hybridized carbons (Fsp3) is 0.150. The molecule has 0 radical (unpaired) electrons. The number of esters is 1. The van der Waals surface area contributed by atoms with Crippen molar-refractivity contribution in [3.05, 3.63) is 67.4 Å². The fourth-order valence-electron chi connectivity index (χ4n) is 2.48. The van der Waals surface area contributed by atoms with Crippen LogP contribution in [0.5, 0.6) is 5.75 Å². The summed E-state index contributed by atoms with van der Waals surface area (Å²) in [5.74, 6) is -0.346. The minimum absolute atomic E-state index is 0.205. The molecule has 1 saturated heterocycles. The van der Waals surface area contributed by atoms with Crippen LogP contribution in [0.3, 0.4) is 0 Å². The quantitative estimate of drug-likeness (QED) is 0.379. The van der Waals surface area contributed by atoms with Gasteiger partial charge in [0.25, 0.3) is 11.1 Å². The summed E-state index contributed by atoms with van der Waals surface area (Å²) in [6.45, 7) is 0.0165. The standard InChI is InChI=1S/C20H15Br2NO5S/c1-27-18(24)11-28-16-7-4-13(8-15(16)22)9-17-19(25)23(20(26)29-17)10-12-2-5-14(21)6-3-12/h2-9H,10-11H2,1H3/b17-9-. The molecule has 0 aromatic heterocycles. The maximum absolute atomic E-state index is 12.7. The predicted octanol–water partition coefficient (Wildman–Crippen LogP) is 5.00. The fourth-order valence-corrected chi connectivity index (χ4v) is 4.09. The molecular weight excluding hydrogens is 526 g/mol. The van der Waals surface area contributed by atoms with Gasteiger partial charge in [0.2, 0.25) is 0 Å². The molecule has 2 aromatic carbocycles. The first kappa shape index (κ1) is 21.6. The molecule has 0 unspecified atom stereocenters. The van der Waals surface area contributed by atoms with Gasteiger partial charge in [-0.2, -0.15) is 0 Å². The van der Waals surface area contributed by atoms with Gasteiger partial charge in [0.1, 0.15) is 5.75 Å². The molecular formula is C20H15Br2NO5S. The van der Waals surface area contributed by atoms with Crippen molar-refractivity contribution in [1.82, 2.24) is 4.90 Å². The van der Waals surface area contributed by atoms with E-state index in [-0.39, 0.29) is 24.3 Å². The number of carbonyl (C=O) groups excluding carboxylic acids is 3. The van der Waals surface area contributed by atoms with Crippen LogP contribution in [0, 0.1) is 0 Å². The van der Waals surface area contributed by atoms with Crippen molar-refractivity contribution in [3.63, 3.8) is 0 Å². The summed E-state index contributed by atoms with van der Waals surface area (Å²) in [6.07, 6.45) is 1.65. The van der Waals surface area contributed by atoms with E-state index in [1.807, 2.05) is 24.3 Å². The Hall–Kier alpha value is -2.10. The first-order chi connectivity index (χ1) is 13.9. The van der Waals surface area contributed by atoms with E-state index in [1.54, 1.807) is 24.3 Å².